The Balaban J connectivity index is 1.07. The zero-order chi connectivity index (χ0) is 32.2. The standard InChI is InChI=1S/C34H44Br2N6O4/c1-38-16-18-39(19-17-38)28-7-11-40(12-8-28)32(43)31(22-24-20-26(35)23-27(36)21-24)46-34(45)41-13-9-29(10-14-41)42-15-6-25-4-2-3-5-30(25)37-33(42)44/h2-5,20-21,23,28-29,31H,6-19,22H2,1H3,(H,37,44). The van der Waals surface area contributed by atoms with Crippen LogP contribution in [0.2, 0.25) is 0 Å². The highest BCUT2D eigenvalue weighted by molar-refractivity contribution is 9.11. The minimum Gasteiger partial charge on any atom is -0.436 e. The summed E-state index contributed by atoms with van der Waals surface area (Å²) in [5.41, 5.74) is 2.91. The van der Waals surface area contributed by atoms with Gasteiger partial charge in [-0.15, -0.1) is 0 Å². The topological polar surface area (TPSA) is 88.7 Å². The second kappa shape index (κ2) is 15.0. The van der Waals surface area contributed by atoms with Crippen molar-refractivity contribution in [2.75, 3.05) is 71.3 Å². The van der Waals surface area contributed by atoms with E-state index in [0.29, 0.717) is 58.0 Å². The molecule has 46 heavy (non-hydrogen) atoms. The van der Waals surface area contributed by atoms with Gasteiger partial charge in [0.05, 0.1) is 0 Å². The summed E-state index contributed by atoms with van der Waals surface area (Å²) in [4.78, 5) is 51.0. The first-order valence-electron chi connectivity index (χ1n) is 16.5. The summed E-state index contributed by atoms with van der Waals surface area (Å²) in [5, 5.41) is 3.06. The Morgan fingerprint density at radius 1 is 0.848 bits per heavy atom. The van der Waals surface area contributed by atoms with E-state index in [9.17, 15) is 14.4 Å². The molecular formula is C34H44Br2N6O4. The number of hydrogen-bond donors (Lipinski definition) is 1. The maximum Gasteiger partial charge on any atom is 0.410 e. The van der Waals surface area contributed by atoms with Crippen molar-refractivity contribution in [3.05, 3.63) is 62.5 Å². The van der Waals surface area contributed by atoms with Crippen molar-refractivity contribution in [3.8, 4) is 0 Å². The van der Waals surface area contributed by atoms with Gasteiger partial charge in [-0.2, -0.15) is 0 Å². The largest absolute Gasteiger partial charge is 0.436 e. The summed E-state index contributed by atoms with van der Waals surface area (Å²) in [6.07, 6.45) is 2.90. The van der Waals surface area contributed by atoms with E-state index in [0.717, 1.165) is 71.2 Å². The number of fused-ring (bicyclic) bond motifs is 1. The Labute approximate surface area is 288 Å². The predicted octanol–water partition coefficient (Wildman–Crippen LogP) is 5.05. The Morgan fingerprint density at radius 3 is 2.17 bits per heavy atom. The molecule has 4 amide bonds. The van der Waals surface area contributed by atoms with Gasteiger partial charge in [-0.1, -0.05) is 50.1 Å². The number of benzene rings is 2. The zero-order valence-electron chi connectivity index (χ0n) is 26.5. The second-order valence-electron chi connectivity index (χ2n) is 13.0. The molecule has 248 valence electrons. The van der Waals surface area contributed by atoms with E-state index in [-0.39, 0.29) is 18.0 Å². The first-order valence-corrected chi connectivity index (χ1v) is 18.1. The number of anilines is 1. The van der Waals surface area contributed by atoms with Gasteiger partial charge in [0, 0.05) is 92.0 Å². The van der Waals surface area contributed by atoms with Crippen LogP contribution in [0.1, 0.15) is 36.8 Å². The minimum absolute atomic E-state index is 0.0383. The third kappa shape index (κ3) is 8.06. The van der Waals surface area contributed by atoms with Crippen LogP contribution in [0.4, 0.5) is 15.3 Å². The fraction of sp³-hybridized carbons (Fsp3) is 0.559. The monoisotopic (exact) mass is 758 g/mol. The summed E-state index contributed by atoms with van der Waals surface area (Å²) < 4.78 is 7.85. The Morgan fingerprint density at radius 2 is 1.48 bits per heavy atom. The van der Waals surface area contributed by atoms with E-state index in [4.69, 9.17) is 4.74 Å². The maximum atomic E-state index is 14.0. The number of urea groups is 1. The number of para-hydroxylation sites is 1. The van der Waals surface area contributed by atoms with Gasteiger partial charge in [0.25, 0.3) is 5.91 Å². The number of hydrogen-bond acceptors (Lipinski definition) is 6. The fourth-order valence-corrected chi connectivity index (χ4v) is 8.65. The van der Waals surface area contributed by atoms with Gasteiger partial charge in [-0.05, 0) is 74.5 Å². The first-order chi connectivity index (χ1) is 22.2. The number of piperazine rings is 1. The molecule has 0 radical (unpaired) electrons. The molecule has 2 aromatic carbocycles. The molecule has 0 aromatic heterocycles. The molecule has 10 nitrogen and oxygen atoms in total. The van der Waals surface area contributed by atoms with Crippen molar-refractivity contribution < 1.29 is 19.1 Å². The van der Waals surface area contributed by atoms with Gasteiger partial charge in [0.15, 0.2) is 6.10 Å². The third-order valence-corrected chi connectivity index (χ3v) is 10.9. The second-order valence-corrected chi connectivity index (χ2v) is 14.8. The van der Waals surface area contributed by atoms with Crippen molar-refractivity contribution in [2.45, 2.75) is 56.7 Å². The first kappa shape index (κ1) is 33.2. The lowest BCUT2D eigenvalue weighted by Crippen LogP contribution is -2.54. The summed E-state index contributed by atoms with van der Waals surface area (Å²) in [6.45, 7) is 7.21. The van der Waals surface area contributed by atoms with Crippen molar-refractivity contribution in [1.29, 1.82) is 0 Å². The highest BCUT2D eigenvalue weighted by Crippen LogP contribution is 2.27. The fourth-order valence-electron chi connectivity index (χ4n) is 7.26. The highest BCUT2D eigenvalue weighted by Gasteiger charge is 2.36. The van der Waals surface area contributed by atoms with Gasteiger partial charge in [0.1, 0.15) is 0 Å². The molecule has 1 N–H and O–H groups in total. The van der Waals surface area contributed by atoms with Gasteiger partial charge in [-0.3, -0.25) is 9.69 Å². The molecule has 0 bridgehead atoms. The van der Waals surface area contributed by atoms with Gasteiger partial charge < -0.3 is 29.7 Å². The number of nitrogens with one attached hydrogen (secondary N) is 1. The van der Waals surface area contributed by atoms with Crippen molar-refractivity contribution >= 4 is 55.6 Å². The van der Waals surface area contributed by atoms with Crippen molar-refractivity contribution in [3.63, 3.8) is 0 Å². The smallest absolute Gasteiger partial charge is 0.410 e. The maximum absolute atomic E-state index is 14.0. The molecule has 4 aliphatic heterocycles. The predicted molar refractivity (Wildman–Crippen MR) is 185 cm³/mol. The summed E-state index contributed by atoms with van der Waals surface area (Å²) in [7, 11) is 2.17. The van der Waals surface area contributed by atoms with Crippen LogP contribution in [0.3, 0.4) is 0 Å². The van der Waals surface area contributed by atoms with Crippen LogP contribution in [0, 0.1) is 0 Å². The molecule has 6 rings (SSSR count). The average Bonchev–Trinajstić information content (AvgIpc) is 3.22. The van der Waals surface area contributed by atoms with Crippen LogP contribution < -0.4 is 5.32 Å². The molecule has 3 fully saturated rings. The normalized spacial score (nSPS) is 21.4. The molecule has 4 aliphatic rings. The number of halogens is 2. The van der Waals surface area contributed by atoms with Crippen LogP contribution in [0.5, 0.6) is 0 Å². The van der Waals surface area contributed by atoms with Gasteiger partial charge in [0.2, 0.25) is 0 Å². The van der Waals surface area contributed by atoms with E-state index >= 15 is 0 Å². The molecule has 1 unspecified atom stereocenters. The molecule has 1 atom stereocenters. The number of ether oxygens (including phenoxy) is 1. The molecule has 4 heterocycles. The number of likely N-dealkylation sites (N-methyl/N-ethyl adjacent to an activating group) is 1. The van der Waals surface area contributed by atoms with E-state index in [1.54, 1.807) is 4.90 Å². The lowest BCUT2D eigenvalue weighted by Gasteiger charge is -2.42. The molecule has 2 aromatic rings. The lowest BCUT2D eigenvalue weighted by molar-refractivity contribution is -0.142. The van der Waals surface area contributed by atoms with Crippen LogP contribution in [0.15, 0.2) is 51.4 Å². The van der Waals surface area contributed by atoms with Gasteiger partial charge >= 0.3 is 12.1 Å². The number of amides is 4. The van der Waals surface area contributed by atoms with Crippen molar-refractivity contribution in [2.24, 2.45) is 0 Å². The van der Waals surface area contributed by atoms with E-state index in [2.05, 4.69) is 60.1 Å². The number of carbonyl (C=O) groups excluding carboxylic acids is 3. The molecule has 3 saturated heterocycles. The summed E-state index contributed by atoms with van der Waals surface area (Å²) in [5.74, 6) is -0.128. The number of nitrogens with zero attached hydrogens (tertiary/aromatic N) is 5. The SMILES string of the molecule is CN1CCN(C2CCN(C(=O)C(Cc3cc(Br)cc(Br)c3)OC(=O)N3CCC(N4CCc5ccccc5NC4=O)CC3)CC2)CC1. The number of likely N-dealkylation sites (tertiary alicyclic amines) is 2. The number of carbonyl (C=O) groups is 3. The molecule has 0 aliphatic carbocycles. The van der Waals surface area contributed by atoms with Crippen LogP contribution in [0.25, 0.3) is 0 Å². The molecule has 12 heteroatoms. The number of piperidine rings is 2. The summed E-state index contributed by atoms with van der Waals surface area (Å²) in [6, 6.07) is 14.2. The third-order valence-electron chi connectivity index (χ3n) is 10.00. The minimum atomic E-state index is -0.915. The molecule has 0 saturated carbocycles. The lowest BCUT2D eigenvalue weighted by atomic mass is 10.0. The van der Waals surface area contributed by atoms with Crippen molar-refractivity contribution in [1.82, 2.24) is 24.5 Å². The van der Waals surface area contributed by atoms with Crippen LogP contribution in [-0.2, 0) is 22.4 Å². The number of rotatable bonds is 6. The van der Waals surface area contributed by atoms with Crippen LogP contribution >= 0.6 is 31.9 Å². The average molecular weight is 761 g/mol. The molecular weight excluding hydrogens is 716 g/mol. The van der Waals surface area contributed by atoms with Crippen LogP contribution in [-0.4, -0.2) is 127 Å². The van der Waals surface area contributed by atoms with E-state index < -0.39 is 12.2 Å². The molecule has 0 spiro atoms. The Hall–Kier alpha value is -2.67. The Bertz CT molecular complexity index is 1380. The quantitative estimate of drug-likeness (QED) is 0.444. The zero-order valence-corrected chi connectivity index (χ0v) is 29.7. The van der Waals surface area contributed by atoms with E-state index in [1.807, 2.05) is 46.2 Å². The summed E-state index contributed by atoms with van der Waals surface area (Å²) >= 11 is 7.11. The highest BCUT2D eigenvalue weighted by atomic mass is 79.9. The van der Waals surface area contributed by atoms with Gasteiger partial charge in [-0.25, -0.2) is 9.59 Å². The Kier molecular flexibility index (Phi) is 10.9. The van der Waals surface area contributed by atoms with E-state index in [1.165, 1.54) is 0 Å².